The van der Waals surface area contributed by atoms with Crippen molar-refractivity contribution in [3.63, 3.8) is 0 Å². The summed E-state index contributed by atoms with van der Waals surface area (Å²) in [7, 11) is 0. The summed E-state index contributed by atoms with van der Waals surface area (Å²) < 4.78 is 5.29. The fraction of sp³-hybridized carbons (Fsp3) is 0.611. The molecule has 1 aromatic carbocycles. The SMILES string of the molecule is CCC1(C(=O)N2CCC(Cc3ccccc3)CC2)COC1. The molecule has 2 aliphatic rings. The molecule has 0 atom stereocenters. The van der Waals surface area contributed by atoms with Gasteiger partial charge in [0, 0.05) is 13.1 Å². The average Bonchev–Trinajstić information content (AvgIpc) is 2.48. The van der Waals surface area contributed by atoms with E-state index in [1.807, 2.05) is 0 Å². The molecule has 1 amide bonds. The summed E-state index contributed by atoms with van der Waals surface area (Å²) in [4.78, 5) is 14.7. The van der Waals surface area contributed by atoms with Gasteiger partial charge < -0.3 is 9.64 Å². The van der Waals surface area contributed by atoms with E-state index in [4.69, 9.17) is 4.74 Å². The number of hydrogen-bond donors (Lipinski definition) is 0. The molecule has 2 saturated heterocycles. The van der Waals surface area contributed by atoms with Crippen LogP contribution < -0.4 is 0 Å². The molecule has 3 nitrogen and oxygen atoms in total. The summed E-state index contributed by atoms with van der Waals surface area (Å²) in [5.74, 6) is 1.04. The maximum Gasteiger partial charge on any atom is 0.233 e. The number of likely N-dealkylation sites (tertiary alicyclic amines) is 1. The Balaban J connectivity index is 1.52. The van der Waals surface area contributed by atoms with Gasteiger partial charge in [-0.15, -0.1) is 0 Å². The molecule has 0 N–H and O–H groups in total. The molecule has 2 heterocycles. The van der Waals surface area contributed by atoms with Crippen LogP contribution in [-0.4, -0.2) is 37.1 Å². The summed E-state index contributed by atoms with van der Waals surface area (Å²) >= 11 is 0. The lowest BCUT2D eigenvalue weighted by Crippen LogP contribution is -2.56. The number of piperidine rings is 1. The van der Waals surface area contributed by atoms with Gasteiger partial charge in [0.05, 0.1) is 18.6 Å². The van der Waals surface area contributed by atoms with Gasteiger partial charge in [-0.25, -0.2) is 0 Å². The Morgan fingerprint density at radius 2 is 1.90 bits per heavy atom. The molecular weight excluding hydrogens is 262 g/mol. The quantitative estimate of drug-likeness (QED) is 0.852. The van der Waals surface area contributed by atoms with Gasteiger partial charge in [0.15, 0.2) is 0 Å². The normalized spacial score (nSPS) is 21.9. The van der Waals surface area contributed by atoms with E-state index in [9.17, 15) is 4.79 Å². The average molecular weight is 287 g/mol. The monoisotopic (exact) mass is 287 g/mol. The van der Waals surface area contributed by atoms with Crippen molar-refractivity contribution < 1.29 is 9.53 Å². The number of carbonyl (C=O) groups is 1. The zero-order valence-electron chi connectivity index (χ0n) is 12.9. The lowest BCUT2D eigenvalue weighted by molar-refractivity contribution is -0.174. The largest absolute Gasteiger partial charge is 0.379 e. The van der Waals surface area contributed by atoms with Crippen LogP contribution in [0.5, 0.6) is 0 Å². The van der Waals surface area contributed by atoms with Gasteiger partial charge in [-0.05, 0) is 37.2 Å². The summed E-state index contributed by atoms with van der Waals surface area (Å²) in [5, 5.41) is 0. The van der Waals surface area contributed by atoms with Crippen molar-refractivity contribution in [2.75, 3.05) is 26.3 Å². The number of amides is 1. The Morgan fingerprint density at radius 3 is 2.43 bits per heavy atom. The molecule has 0 aliphatic carbocycles. The molecule has 0 spiro atoms. The van der Waals surface area contributed by atoms with E-state index in [0.29, 0.717) is 25.0 Å². The molecule has 0 unspecified atom stereocenters. The van der Waals surface area contributed by atoms with Crippen molar-refractivity contribution in [3.8, 4) is 0 Å². The van der Waals surface area contributed by atoms with Gasteiger partial charge in [0.1, 0.15) is 0 Å². The Bertz CT molecular complexity index is 468. The van der Waals surface area contributed by atoms with Gasteiger partial charge in [0.25, 0.3) is 0 Å². The first-order valence-electron chi connectivity index (χ1n) is 8.14. The van der Waals surface area contributed by atoms with E-state index >= 15 is 0 Å². The molecule has 2 fully saturated rings. The zero-order chi connectivity index (χ0) is 14.7. The molecule has 2 aliphatic heterocycles. The van der Waals surface area contributed by atoms with E-state index in [1.165, 1.54) is 5.56 Å². The molecule has 0 bridgehead atoms. The number of ether oxygens (including phenoxy) is 1. The second kappa shape index (κ2) is 6.18. The molecule has 0 aromatic heterocycles. The van der Waals surface area contributed by atoms with Crippen LogP contribution in [-0.2, 0) is 16.0 Å². The minimum atomic E-state index is -0.202. The van der Waals surface area contributed by atoms with Gasteiger partial charge >= 0.3 is 0 Å². The fourth-order valence-electron chi connectivity index (χ4n) is 3.45. The summed E-state index contributed by atoms with van der Waals surface area (Å²) in [5.41, 5.74) is 1.21. The highest BCUT2D eigenvalue weighted by Crippen LogP contribution is 2.35. The molecule has 3 heteroatoms. The standard InChI is InChI=1S/C18H25NO2/c1-2-18(13-21-14-18)17(20)19-10-8-16(9-11-19)12-15-6-4-3-5-7-15/h3-7,16H,2,8-14H2,1H3. The van der Waals surface area contributed by atoms with Crippen molar-refractivity contribution in [1.82, 2.24) is 4.90 Å². The lowest BCUT2D eigenvalue weighted by atomic mass is 9.80. The second-order valence-electron chi connectivity index (χ2n) is 6.55. The summed E-state index contributed by atoms with van der Waals surface area (Å²) in [6.45, 7) is 5.16. The minimum Gasteiger partial charge on any atom is -0.379 e. The summed E-state index contributed by atoms with van der Waals surface area (Å²) in [6.07, 6.45) is 4.29. The van der Waals surface area contributed by atoms with E-state index < -0.39 is 0 Å². The van der Waals surface area contributed by atoms with Crippen LogP contribution in [0.3, 0.4) is 0 Å². The molecule has 1 aromatic rings. The van der Waals surface area contributed by atoms with Crippen molar-refractivity contribution in [2.45, 2.75) is 32.6 Å². The molecule has 0 radical (unpaired) electrons. The van der Waals surface area contributed by atoms with Crippen LogP contribution in [0.1, 0.15) is 31.7 Å². The number of rotatable bonds is 4. The molecule has 3 rings (SSSR count). The predicted molar refractivity (Wildman–Crippen MR) is 83.0 cm³/mol. The van der Waals surface area contributed by atoms with Crippen molar-refractivity contribution >= 4 is 5.91 Å². The first-order valence-corrected chi connectivity index (χ1v) is 8.14. The Hall–Kier alpha value is -1.35. The molecule has 0 saturated carbocycles. The maximum atomic E-state index is 12.6. The van der Waals surface area contributed by atoms with E-state index in [2.05, 4.69) is 42.2 Å². The van der Waals surface area contributed by atoms with Gasteiger partial charge in [0.2, 0.25) is 5.91 Å². The number of nitrogens with zero attached hydrogens (tertiary/aromatic N) is 1. The van der Waals surface area contributed by atoms with Crippen molar-refractivity contribution in [3.05, 3.63) is 35.9 Å². The van der Waals surface area contributed by atoms with Crippen LogP contribution in [0, 0.1) is 11.3 Å². The maximum absolute atomic E-state index is 12.6. The predicted octanol–water partition coefficient (Wildman–Crippen LogP) is 2.89. The van der Waals surface area contributed by atoms with Crippen molar-refractivity contribution in [2.24, 2.45) is 11.3 Å². The highest BCUT2D eigenvalue weighted by atomic mass is 16.5. The van der Waals surface area contributed by atoms with Crippen LogP contribution >= 0.6 is 0 Å². The van der Waals surface area contributed by atoms with Crippen LogP contribution in [0.4, 0.5) is 0 Å². The van der Waals surface area contributed by atoms with Gasteiger partial charge in [-0.1, -0.05) is 37.3 Å². The zero-order valence-corrected chi connectivity index (χ0v) is 12.9. The molecule has 21 heavy (non-hydrogen) atoms. The van der Waals surface area contributed by atoms with E-state index in [-0.39, 0.29) is 5.41 Å². The number of carbonyl (C=O) groups excluding carboxylic acids is 1. The molecular formula is C18H25NO2. The highest BCUT2D eigenvalue weighted by molar-refractivity contribution is 5.83. The van der Waals surface area contributed by atoms with Crippen LogP contribution in [0.15, 0.2) is 30.3 Å². The lowest BCUT2D eigenvalue weighted by Gasteiger charge is -2.44. The Morgan fingerprint density at radius 1 is 1.24 bits per heavy atom. The Labute approximate surface area is 127 Å². The first kappa shape index (κ1) is 14.6. The third-order valence-electron chi connectivity index (χ3n) is 5.16. The fourth-order valence-corrected chi connectivity index (χ4v) is 3.45. The second-order valence-corrected chi connectivity index (χ2v) is 6.55. The number of hydrogen-bond acceptors (Lipinski definition) is 2. The molecule has 114 valence electrons. The van der Waals surface area contributed by atoms with Crippen molar-refractivity contribution in [1.29, 1.82) is 0 Å². The van der Waals surface area contributed by atoms with E-state index in [0.717, 1.165) is 38.8 Å². The smallest absolute Gasteiger partial charge is 0.233 e. The summed E-state index contributed by atoms with van der Waals surface area (Å²) in [6, 6.07) is 10.7. The van der Waals surface area contributed by atoms with Gasteiger partial charge in [-0.3, -0.25) is 4.79 Å². The highest BCUT2D eigenvalue weighted by Gasteiger charge is 2.46. The number of benzene rings is 1. The van der Waals surface area contributed by atoms with Gasteiger partial charge in [-0.2, -0.15) is 0 Å². The minimum absolute atomic E-state index is 0.202. The van der Waals surface area contributed by atoms with Crippen LogP contribution in [0.25, 0.3) is 0 Å². The Kier molecular flexibility index (Phi) is 4.29. The first-order chi connectivity index (χ1) is 10.2. The topological polar surface area (TPSA) is 29.5 Å². The third-order valence-corrected chi connectivity index (χ3v) is 5.16. The third kappa shape index (κ3) is 2.98. The van der Waals surface area contributed by atoms with Crippen LogP contribution in [0.2, 0.25) is 0 Å². The van der Waals surface area contributed by atoms with E-state index in [1.54, 1.807) is 0 Å².